The van der Waals surface area contributed by atoms with E-state index in [0.717, 1.165) is 24.4 Å². The highest BCUT2D eigenvalue weighted by Gasteiger charge is 2.30. The summed E-state index contributed by atoms with van der Waals surface area (Å²) in [7, 11) is 1.79. The molecular formula is C22H16F5N7O. The molecule has 0 saturated carbocycles. The van der Waals surface area contributed by atoms with E-state index in [4.69, 9.17) is 0 Å². The summed E-state index contributed by atoms with van der Waals surface area (Å²) >= 11 is 0. The average Bonchev–Trinajstić information content (AvgIpc) is 3.20. The van der Waals surface area contributed by atoms with E-state index in [1.54, 1.807) is 24.1 Å². The lowest BCUT2D eigenvalue weighted by Crippen LogP contribution is -2.17. The maximum Gasteiger partial charge on any atom is 0.416 e. The molecule has 0 aliphatic rings. The van der Waals surface area contributed by atoms with Gasteiger partial charge in [0.2, 0.25) is 11.9 Å². The number of rotatable bonds is 6. The summed E-state index contributed by atoms with van der Waals surface area (Å²) in [6.45, 7) is 0. The van der Waals surface area contributed by atoms with Crippen molar-refractivity contribution in [1.29, 1.82) is 0 Å². The molecule has 0 fully saturated rings. The summed E-state index contributed by atoms with van der Waals surface area (Å²) in [6.07, 6.45) is 1.50. The second kappa shape index (κ2) is 9.44. The Morgan fingerprint density at radius 2 is 1.74 bits per heavy atom. The van der Waals surface area contributed by atoms with Gasteiger partial charge in [-0.1, -0.05) is 0 Å². The Bertz CT molecular complexity index is 1370. The van der Waals surface area contributed by atoms with Gasteiger partial charge in [-0.2, -0.15) is 13.2 Å². The molecule has 0 aliphatic heterocycles. The second-order valence-electron chi connectivity index (χ2n) is 7.42. The molecular weight excluding hydrogens is 473 g/mol. The molecule has 0 bridgehead atoms. The molecule has 0 radical (unpaired) electrons. The van der Waals surface area contributed by atoms with Crippen LogP contribution in [-0.4, -0.2) is 30.4 Å². The van der Waals surface area contributed by atoms with Crippen molar-refractivity contribution in [3.63, 3.8) is 0 Å². The number of nitrogens with zero attached hydrogens (tertiary/aromatic N) is 5. The first-order valence-electron chi connectivity index (χ1n) is 9.97. The number of aryl methyl sites for hydroxylation is 1. The number of benzene rings is 1. The van der Waals surface area contributed by atoms with Crippen molar-refractivity contribution in [3.05, 3.63) is 78.1 Å². The molecule has 3 heterocycles. The number of carbonyl (C=O) groups is 1. The molecule has 4 aromatic rings. The number of hydrogen-bond donors (Lipinski definition) is 2. The number of aromatic nitrogens is 5. The fourth-order valence-electron chi connectivity index (χ4n) is 3.10. The minimum Gasteiger partial charge on any atom is -0.338 e. The van der Waals surface area contributed by atoms with Crippen LogP contribution in [0.15, 0.2) is 55.4 Å². The highest BCUT2D eigenvalue weighted by molar-refractivity contribution is 5.91. The van der Waals surface area contributed by atoms with Crippen LogP contribution in [0.2, 0.25) is 0 Å². The third kappa shape index (κ3) is 5.75. The predicted molar refractivity (Wildman–Crippen MR) is 115 cm³/mol. The first-order valence-corrected chi connectivity index (χ1v) is 9.97. The monoisotopic (exact) mass is 489 g/mol. The van der Waals surface area contributed by atoms with Gasteiger partial charge in [0.15, 0.2) is 5.82 Å². The maximum atomic E-state index is 14.7. The van der Waals surface area contributed by atoms with Crippen molar-refractivity contribution in [3.8, 4) is 11.1 Å². The summed E-state index contributed by atoms with van der Waals surface area (Å²) in [6, 6.07) is 3.12. The number of halogens is 5. The summed E-state index contributed by atoms with van der Waals surface area (Å²) in [5, 5.41) is 5.01. The maximum absolute atomic E-state index is 14.7. The van der Waals surface area contributed by atoms with E-state index < -0.39 is 35.7 Å². The number of imidazole rings is 1. The second-order valence-corrected chi connectivity index (χ2v) is 7.42. The number of anilines is 3. The first kappa shape index (κ1) is 23.7. The fourth-order valence-corrected chi connectivity index (χ4v) is 3.10. The molecule has 1 amide bonds. The lowest BCUT2D eigenvalue weighted by Gasteiger charge is -2.10. The van der Waals surface area contributed by atoms with Crippen LogP contribution in [0.1, 0.15) is 11.1 Å². The zero-order valence-electron chi connectivity index (χ0n) is 17.9. The molecule has 35 heavy (non-hydrogen) atoms. The first-order chi connectivity index (χ1) is 16.6. The van der Waals surface area contributed by atoms with Crippen LogP contribution in [0.3, 0.4) is 0 Å². The van der Waals surface area contributed by atoms with Crippen LogP contribution in [0.25, 0.3) is 11.1 Å². The number of hydrogen-bond acceptors (Lipinski definition) is 6. The van der Waals surface area contributed by atoms with Gasteiger partial charge in [-0.25, -0.2) is 28.7 Å². The number of alkyl halides is 3. The summed E-state index contributed by atoms with van der Waals surface area (Å²) in [5.41, 5.74) is -1.23. The normalized spacial score (nSPS) is 11.4. The molecule has 0 saturated heterocycles. The smallest absolute Gasteiger partial charge is 0.338 e. The predicted octanol–water partition coefficient (Wildman–Crippen LogP) is 4.49. The number of nitrogens with one attached hydrogen (secondary N) is 2. The van der Waals surface area contributed by atoms with Crippen LogP contribution >= 0.6 is 0 Å². The van der Waals surface area contributed by atoms with Gasteiger partial charge in [-0.05, 0) is 24.3 Å². The molecule has 3 aromatic heterocycles. The van der Waals surface area contributed by atoms with E-state index in [9.17, 15) is 26.7 Å². The molecule has 0 atom stereocenters. The summed E-state index contributed by atoms with van der Waals surface area (Å²) in [5.74, 6) is -2.25. The summed E-state index contributed by atoms with van der Waals surface area (Å²) in [4.78, 5) is 28.0. The fraction of sp³-hybridized carbons (Fsp3) is 0.136. The number of carbonyl (C=O) groups excluding carboxylic acids is 1. The van der Waals surface area contributed by atoms with Crippen LogP contribution in [0.4, 0.5) is 39.5 Å². The topological polar surface area (TPSA) is 97.6 Å². The Balaban J connectivity index is 1.46. The minimum absolute atomic E-state index is 0.129. The zero-order valence-corrected chi connectivity index (χ0v) is 17.9. The van der Waals surface area contributed by atoms with Crippen molar-refractivity contribution < 1.29 is 26.7 Å². The zero-order chi connectivity index (χ0) is 25.2. The van der Waals surface area contributed by atoms with E-state index in [0.29, 0.717) is 11.9 Å². The van der Waals surface area contributed by atoms with Crippen molar-refractivity contribution in [1.82, 2.24) is 24.5 Å². The average molecular weight is 489 g/mol. The van der Waals surface area contributed by atoms with Gasteiger partial charge in [0.25, 0.3) is 0 Å². The van der Waals surface area contributed by atoms with Crippen LogP contribution in [0, 0.1) is 11.6 Å². The molecule has 2 N–H and O–H groups in total. The lowest BCUT2D eigenvalue weighted by molar-refractivity contribution is -0.137. The van der Waals surface area contributed by atoms with Gasteiger partial charge >= 0.3 is 6.18 Å². The Kier molecular flexibility index (Phi) is 6.40. The molecule has 8 nitrogen and oxygen atoms in total. The van der Waals surface area contributed by atoms with Gasteiger partial charge in [0.1, 0.15) is 17.5 Å². The third-order valence-electron chi connectivity index (χ3n) is 4.75. The minimum atomic E-state index is -4.62. The molecule has 1 aromatic carbocycles. The van der Waals surface area contributed by atoms with Gasteiger partial charge in [0, 0.05) is 48.5 Å². The molecule has 180 valence electrons. The van der Waals surface area contributed by atoms with E-state index in [1.807, 2.05) is 0 Å². The summed E-state index contributed by atoms with van der Waals surface area (Å²) < 4.78 is 69.5. The van der Waals surface area contributed by atoms with Crippen LogP contribution in [-0.2, 0) is 24.4 Å². The van der Waals surface area contributed by atoms with Gasteiger partial charge in [-0.15, -0.1) is 0 Å². The van der Waals surface area contributed by atoms with E-state index in [2.05, 4.69) is 30.6 Å². The van der Waals surface area contributed by atoms with Crippen molar-refractivity contribution in [2.75, 3.05) is 10.6 Å². The van der Waals surface area contributed by atoms with E-state index in [1.165, 1.54) is 12.4 Å². The molecule has 4 rings (SSSR count). The Labute approximate surface area is 194 Å². The number of pyridine rings is 1. The Morgan fingerprint density at radius 1 is 1.00 bits per heavy atom. The van der Waals surface area contributed by atoms with Gasteiger partial charge in [0.05, 0.1) is 18.3 Å². The van der Waals surface area contributed by atoms with Gasteiger partial charge in [-0.3, -0.25) is 4.79 Å². The Hall–Kier alpha value is -4.42. The molecule has 0 unspecified atom stereocenters. The Morgan fingerprint density at radius 3 is 2.40 bits per heavy atom. The molecule has 13 heteroatoms. The van der Waals surface area contributed by atoms with Crippen molar-refractivity contribution >= 4 is 23.5 Å². The highest BCUT2D eigenvalue weighted by Crippen LogP contribution is 2.30. The quantitative estimate of drug-likeness (QED) is 0.388. The SMILES string of the molecule is Cn1cnc(Nc2ncc(-c3cc(F)c(CC(=O)Nc4cc(C(F)(F)F)ccn4)cc3F)cn2)c1. The third-order valence-corrected chi connectivity index (χ3v) is 4.75. The van der Waals surface area contributed by atoms with Crippen LogP contribution in [0.5, 0.6) is 0 Å². The largest absolute Gasteiger partial charge is 0.416 e. The van der Waals surface area contributed by atoms with Crippen LogP contribution < -0.4 is 10.6 Å². The van der Waals surface area contributed by atoms with E-state index in [-0.39, 0.29) is 28.5 Å². The number of amides is 1. The van der Waals surface area contributed by atoms with Crippen molar-refractivity contribution in [2.24, 2.45) is 7.05 Å². The van der Waals surface area contributed by atoms with Crippen molar-refractivity contribution in [2.45, 2.75) is 12.6 Å². The van der Waals surface area contributed by atoms with Gasteiger partial charge < -0.3 is 15.2 Å². The standard InChI is InChI=1S/C22H16F5N7O/c1-34-10-19(31-11-34)33-21-29-8-13(9-30-21)15-7-16(23)12(4-17(15)24)5-20(35)32-18-6-14(2-3-28-18)22(25,26)27/h2-4,6-11H,5H2,1H3,(H,28,32,35)(H,29,30,33). The molecule has 0 spiro atoms. The van der Waals surface area contributed by atoms with E-state index >= 15 is 0 Å². The lowest BCUT2D eigenvalue weighted by atomic mass is 10.0. The molecule has 0 aliphatic carbocycles. The highest BCUT2D eigenvalue weighted by atomic mass is 19.4.